The average molecular weight is 289 g/mol. The first-order valence-corrected chi connectivity index (χ1v) is 7.64. The number of rotatable bonds is 5. The van der Waals surface area contributed by atoms with Gasteiger partial charge in [-0.2, -0.15) is 0 Å². The SMILES string of the molecule is CCC[N+](CC)(CC)CC.F[P-](F)(F)(F)(F)F. The Balaban J connectivity index is 0. The Hall–Kier alpha value is -0.0300. The minimum atomic E-state index is -10.7. The molecule has 0 aromatic rings. The van der Waals surface area contributed by atoms with Crippen LogP contribution in [0.5, 0.6) is 0 Å². The fraction of sp³-hybridized carbons (Fsp3) is 1.00. The van der Waals surface area contributed by atoms with Gasteiger partial charge >= 0.3 is 33.0 Å². The van der Waals surface area contributed by atoms with Crippen molar-refractivity contribution in [1.29, 1.82) is 0 Å². The standard InChI is InChI=1S/C9H22N.F6P/c1-5-9-10(6-2,7-3)8-4;1-7(2,3,4,5)6/h5-9H2,1-4H3;/q+1;-1. The fourth-order valence-electron chi connectivity index (χ4n) is 1.62. The van der Waals surface area contributed by atoms with Crippen LogP contribution in [0, 0.1) is 0 Å². The number of hydrogen-bond donors (Lipinski definition) is 0. The van der Waals surface area contributed by atoms with E-state index < -0.39 is 7.81 Å². The van der Waals surface area contributed by atoms with Gasteiger partial charge in [0, 0.05) is 0 Å². The van der Waals surface area contributed by atoms with Crippen LogP contribution in [0.15, 0.2) is 0 Å². The molecule has 17 heavy (non-hydrogen) atoms. The summed E-state index contributed by atoms with van der Waals surface area (Å²) < 4.78 is 60.5. The van der Waals surface area contributed by atoms with Gasteiger partial charge in [-0.05, 0) is 27.2 Å². The maximum atomic E-state index is 9.87. The van der Waals surface area contributed by atoms with Crippen LogP contribution >= 0.6 is 7.81 Å². The van der Waals surface area contributed by atoms with E-state index in [1.807, 2.05) is 0 Å². The predicted molar refractivity (Wildman–Crippen MR) is 60.6 cm³/mol. The maximum absolute atomic E-state index is 10.7. The van der Waals surface area contributed by atoms with E-state index in [-0.39, 0.29) is 0 Å². The van der Waals surface area contributed by atoms with Crippen molar-refractivity contribution in [1.82, 2.24) is 0 Å². The monoisotopic (exact) mass is 289 g/mol. The Labute approximate surface area is 98.6 Å². The molecule has 0 spiro atoms. The van der Waals surface area contributed by atoms with Crippen molar-refractivity contribution in [2.75, 3.05) is 26.2 Å². The molecule has 110 valence electrons. The second-order valence-electron chi connectivity index (χ2n) is 3.97. The summed E-state index contributed by atoms with van der Waals surface area (Å²) in [6, 6.07) is 0. The van der Waals surface area contributed by atoms with E-state index in [2.05, 4.69) is 27.7 Å². The van der Waals surface area contributed by atoms with Gasteiger partial charge in [-0.15, -0.1) is 0 Å². The van der Waals surface area contributed by atoms with Crippen molar-refractivity contribution >= 4 is 7.81 Å². The van der Waals surface area contributed by atoms with E-state index >= 15 is 0 Å². The molecule has 0 rings (SSSR count). The second-order valence-corrected chi connectivity index (χ2v) is 5.89. The first kappa shape index (κ1) is 19.3. The summed E-state index contributed by atoms with van der Waals surface area (Å²) in [6.07, 6.45) is 1.32. The van der Waals surface area contributed by atoms with E-state index in [0.717, 1.165) is 0 Å². The third kappa shape index (κ3) is 18.5. The molecule has 0 saturated heterocycles. The summed E-state index contributed by atoms with van der Waals surface area (Å²) >= 11 is 0. The molecule has 0 aliphatic rings. The number of quaternary nitrogens is 1. The Kier molecular flexibility index (Phi) is 6.03. The van der Waals surface area contributed by atoms with Gasteiger partial charge in [0.2, 0.25) is 0 Å². The molecule has 0 fully saturated rings. The average Bonchev–Trinajstić information content (AvgIpc) is 2.09. The van der Waals surface area contributed by atoms with Crippen LogP contribution < -0.4 is 0 Å². The molecular weight excluding hydrogens is 267 g/mol. The minimum absolute atomic E-state index is 1.29. The van der Waals surface area contributed by atoms with Crippen LogP contribution in [-0.4, -0.2) is 30.7 Å². The molecule has 0 aromatic heterocycles. The van der Waals surface area contributed by atoms with E-state index in [9.17, 15) is 25.2 Å². The molecule has 0 bridgehead atoms. The van der Waals surface area contributed by atoms with Gasteiger partial charge in [0.15, 0.2) is 0 Å². The summed E-state index contributed by atoms with van der Waals surface area (Å²) in [6.45, 7) is 14.4. The second kappa shape index (κ2) is 5.31. The molecule has 8 heteroatoms. The summed E-state index contributed by atoms with van der Waals surface area (Å²) in [5.41, 5.74) is 0. The molecule has 0 aliphatic carbocycles. The van der Waals surface area contributed by atoms with Crippen molar-refractivity contribution in [3.63, 3.8) is 0 Å². The summed E-state index contributed by atoms with van der Waals surface area (Å²) in [5.74, 6) is 0. The van der Waals surface area contributed by atoms with Gasteiger partial charge in [0.25, 0.3) is 0 Å². The molecule has 0 saturated carbocycles. The van der Waals surface area contributed by atoms with Gasteiger partial charge in [-0.3, -0.25) is 0 Å². The zero-order valence-electron chi connectivity index (χ0n) is 10.7. The molecule has 0 N–H and O–H groups in total. The van der Waals surface area contributed by atoms with Crippen LogP contribution in [0.1, 0.15) is 34.1 Å². The van der Waals surface area contributed by atoms with E-state index in [0.29, 0.717) is 0 Å². The topological polar surface area (TPSA) is 0 Å². The van der Waals surface area contributed by atoms with Crippen LogP contribution in [0.2, 0.25) is 0 Å². The predicted octanol–water partition coefficient (Wildman–Crippen LogP) is 5.66. The molecule has 0 atom stereocenters. The molecular formula is C9H22F6NP. The summed E-state index contributed by atoms with van der Waals surface area (Å²) in [4.78, 5) is 0. The van der Waals surface area contributed by atoms with E-state index in [4.69, 9.17) is 0 Å². The van der Waals surface area contributed by atoms with E-state index in [1.54, 1.807) is 0 Å². The first-order valence-electron chi connectivity index (χ1n) is 5.61. The first-order chi connectivity index (χ1) is 7.19. The van der Waals surface area contributed by atoms with Crippen molar-refractivity contribution in [2.24, 2.45) is 0 Å². The number of nitrogens with zero attached hydrogens (tertiary/aromatic N) is 1. The zero-order valence-corrected chi connectivity index (χ0v) is 11.6. The van der Waals surface area contributed by atoms with Gasteiger partial charge in [0.1, 0.15) is 0 Å². The van der Waals surface area contributed by atoms with Gasteiger partial charge in [-0.25, -0.2) is 0 Å². The Morgan fingerprint density at radius 1 is 0.706 bits per heavy atom. The third-order valence-electron chi connectivity index (χ3n) is 2.71. The summed E-state index contributed by atoms with van der Waals surface area (Å²) in [5, 5.41) is 0. The van der Waals surface area contributed by atoms with Crippen molar-refractivity contribution in [3.05, 3.63) is 0 Å². The number of hydrogen-bond acceptors (Lipinski definition) is 0. The van der Waals surface area contributed by atoms with Crippen molar-refractivity contribution in [2.45, 2.75) is 34.1 Å². The van der Waals surface area contributed by atoms with Crippen LogP contribution in [0.25, 0.3) is 0 Å². The molecule has 0 radical (unpaired) electrons. The Morgan fingerprint density at radius 2 is 0.941 bits per heavy atom. The molecule has 0 amide bonds. The molecule has 1 nitrogen and oxygen atoms in total. The normalized spacial score (nSPS) is 16.6. The van der Waals surface area contributed by atoms with Crippen LogP contribution in [0.3, 0.4) is 0 Å². The zero-order chi connectivity index (χ0) is 14.4. The van der Waals surface area contributed by atoms with Gasteiger partial charge in [-0.1, -0.05) is 6.92 Å². The molecule has 0 unspecified atom stereocenters. The van der Waals surface area contributed by atoms with Gasteiger partial charge in [0.05, 0.1) is 26.2 Å². The van der Waals surface area contributed by atoms with Crippen LogP contribution in [-0.2, 0) is 0 Å². The molecule has 0 aromatic carbocycles. The van der Waals surface area contributed by atoms with Crippen molar-refractivity contribution in [3.8, 4) is 0 Å². The van der Waals surface area contributed by atoms with E-state index in [1.165, 1.54) is 37.1 Å². The Morgan fingerprint density at radius 3 is 1.00 bits per heavy atom. The van der Waals surface area contributed by atoms with Crippen molar-refractivity contribution < 1.29 is 29.7 Å². The fourth-order valence-corrected chi connectivity index (χ4v) is 1.62. The summed E-state index contributed by atoms with van der Waals surface area (Å²) in [7, 11) is -10.7. The quantitative estimate of drug-likeness (QED) is 0.348. The van der Waals surface area contributed by atoms with Gasteiger partial charge < -0.3 is 4.48 Å². The molecule has 0 heterocycles. The number of halogens is 6. The third-order valence-corrected chi connectivity index (χ3v) is 2.71. The Bertz CT molecular complexity index is 197. The molecule has 0 aliphatic heterocycles. The van der Waals surface area contributed by atoms with Crippen LogP contribution in [0.4, 0.5) is 25.2 Å².